The molecule has 0 saturated heterocycles. The maximum Gasteiger partial charge on any atom is 0.490 e. The van der Waals surface area contributed by atoms with E-state index in [-0.39, 0.29) is 6.61 Å². The van der Waals surface area contributed by atoms with E-state index in [1.54, 1.807) is 13.8 Å². The van der Waals surface area contributed by atoms with Gasteiger partial charge in [0, 0.05) is 5.92 Å². The van der Waals surface area contributed by atoms with Crippen LogP contribution in [0.25, 0.3) is 0 Å². The van der Waals surface area contributed by atoms with Crippen LogP contribution in [-0.2, 0) is 9.53 Å². The zero-order chi connectivity index (χ0) is 9.07. The zero-order valence-corrected chi connectivity index (χ0v) is 6.16. The summed E-state index contributed by atoms with van der Waals surface area (Å²) < 4.78 is 38.1. The Morgan fingerprint density at radius 2 is 1.82 bits per heavy atom. The van der Waals surface area contributed by atoms with Gasteiger partial charge in [0.15, 0.2) is 0 Å². The molecule has 0 fully saturated rings. The number of esters is 1. The molecule has 0 aromatic heterocycles. The standard InChI is InChI=1S/C6H8F3O2/c1-4(2)3-11-5(10)6(7,8)9/h3H2,1-2H3. The zero-order valence-electron chi connectivity index (χ0n) is 6.16. The Kier molecular flexibility index (Phi) is 3.35. The van der Waals surface area contributed by atoms with E-state index in [0.717, 1.165) is 0 Å². The molecular formula is C6H8F3O2. The average molecular weight is 169 g/mol. The van der Waals surface area contributed by atoms with Gasteiger partial charge >= 0.3 is 12.1 Å². The van der Waals surface area contributed by atoms with E-state index in [1.165, 1.54) is 0 Å². The Bertz CT molecular complexity index is 139. The first-order chi connectivity index (χ1) is 4.84. The van der Waals surface area contributed by atoms with Crippen molar-refractivity contribution < 1.29 is 22.7 Å². The third kappa shape index (κ3) is 4.64. The van der Waals surface area contributed by atoms with Gasteiger partial charge in [-0.05, 0) is 0 Å². The molecule has 0 aliphatic carbocycles. The number of carbonyl (C=O) groups is 1. The van der Waals surface area contributed by atoms with Crippen LogP contribution in [0.15, 0.2) is 0 Å². The van der Waals surface area contributed by atoms with Crippen molar-refractivity contribution in [1.29, 1.82) is 0 Å². The highest BCUT2D eigenvalue weighted by Gasteiger charge is 2.40. The summed E-state index contributed by atoms with van der Waals surface area (Å²) in [7, 11) is 0. The van der Waals surface area contributed by atoms with Crippen molar-refractivity contribution in [3.05, 3.63) is 5.92 Å². The average Bonchev–Trinajstić information content (AvgIpc) is 1.80. The number of hydrogen-bond acceptors (Lipinski definition) is 2. The fraction of sp³-hybridized carbons (Fsp3) is 0.667. The van der Waals surface area contributed by atoms with E-state index in [9.17, 15) is 18.0 Å². The molecule has 0 bridgehead atoms. The van der Waals surface area contributed by atoms with E-state index in [4.69, 9.17) is 0 Å². The second kappa shape index (κ2) is 3.59. The SMILES string of the molecule is C[C](C)COC(=O)C(F)(F)F. The maximum absolute atomic E-state index is 11.4. The van der Waals surface area contributed by atoms with Crippen molar-refractivity contribution in [1.82, 2.24) is 0 Å². The predicted molar refractivity (Wildman–Crippen MR) is 31.6 cm³/mol. The van der Waals surface area contributed by atoms with Gasteiger partial charge in [-0.2, -0.15) is 13.2 Å². The van der Waals surface area contributed by atoms with Gasteiger partial charge in [-0.25, -0.2) is 4.79 Å². The molecule has 1 radical (unpaired) electrons. The molecule has 0 amide bonds. The van der Waals surface area contributed by atoms with Crippen molar-refractivity contribution in [3.8, 4) is 0 Å². The molecule has 0 aromatic rings. The number of rotatable bonds is 2. The molecule has 0 aliphatic heterocycles. The summed E-state index contributed by atoms with van der Waals surface area (Å²) in [5, 5.41) is 0. The van der Waals surface area contributed by atoms with Crippen LogP contribution < -0.4 is 0 Å². The van der Waals surface area contributed by atoms with Gasteiger partial charge in [0.05, 0.1) is 6.61 Å². The molecule has 11 heavy (non-hydrogen) atoms. The molecule has 2 nitrogen and oxygen atoms in total. The third-order valence-corrected chi connectivity index (χ3v) is 0.723. The second-order valence-electron chi connectivity index (χ2n) is 2.28. The van der Waals surface area contributed by atoms with Gasteiger partial charge < -0.3 is 4.74 Å². The van der Waals surface area contributed by atoms with Crippen LogP contribution in [-0.4, -0.2) is 18.8 Å². The van der Waals surface area contributed by atoms with E-state index in [2.05, 4.69) is 4.74 Å². The van der Waals surface area contributed by atoms with Crippen molar-refractivity contribution in [3.63, 3.8) is 0 Å². The summed E-state index contributed by atoms with van der Waals surface area (Å²) in [4.78, 5) is 10.0. The molecule has 0 aromatic carbocycles. The van der Waals surface area contributed by atoms with Crippen LogP contribution in [0.3, 0.4) is 0 Å². The topological polar surface area (TPSA) is 26.3 Å². The van der Waals surface area contributed by atoms with E-state index < -0.39 is 12.1 Å². The van der Waals surface area contributed by atoms with Gasteiger partial charge in [-0.15, -0.1) is 0 Å². The lowest BCUT2D eigenvalue weighted by Gasteiger charge is -2.07. The molecule has 0 N–H and O–H groups in total. The normalized spacial score (nSPS) is 11.8. The van der Waals surface area contributed by atoms with Crippen molar-refractivity contribution >= 4 is 5.97 Å². The number of carbonyl (C=O) groups excluding carboxylic acids is 1. The minimum absolute atomic E-state index is 0.279. The summed E-state index contributed by atoms with van der Waals surface area (Å²) in [5.74, 6) is -1.53. The Morgan fingerprint density at radius 3 is 2.09 bits per heavy atom. The van der Waals surface area contributed by atoms with Crippen molar-refractivity contribution in [2.24, 2.45) is 0 Å². The second-order valence-corrected chi connectivity index (χ2v) is 2.28. The Hall–Kier alpha value is -0.740. The molecule has 0 heterocycles. The van der Waals surface area contributed by atoms with Crippen LogP contribution in [0.1, 0.15) is 13.8 Å². The monoisotopic (exact) mass is 169 g/mol. The third-order valence-electron chi connectivity index (χ3n) is 0.723. The summed E-state index contributed by atoms with van der Waals surface area (Å²) in [5.41, 5.74) is 0. The van der Waals surface area contributed by atoms with Crippen LogP contribution in [0, 0.1) is 5.92 Å². The Balaban J connectivity index is 3.71. The van der Waals surface area contributed by atoms with Gasteiger partial charge in [-0.1, -0.05) is 13.8 Å². The van der Waals surface area contributed by atoms with Crippen LogP contribution in [0.5, 0.6) is 0 Å². The Morgan fingerprint density at radius 1 is 1.36 bits per heavy atom. The number of hydrogen-bond donors (Lipinski definition) is 0. The number of alkyl halides is 3. The molecule has 65 valence electrons. The highest BCUT2D eigenvalue weighted by atomic mass is 19.4. The molecule has 0 spiro atoms. The van der Waals surface area contributed by atoms with Crippen molar-refractivity contribution in [2.45, 2.75) is 20.0 Å². The van der Waals surface area contributed by atoms with E-state index >= 15 is 0 Å². The molecule has 0 rings (SSSR count). The highest BCUT2D eigenvalue weighted by molar-refractivity contribution is 5.75. The van der Waals surface area contributed by atoms with Gasteiger partial charge in [0.1, 0.15) is 0 Å². The summed E-state index contributed by atoms with van der Waals surface area (Å²) in [6.45, 7) is 2.87. The maximum atomic E-state index is 11.4. The van der Waals surface area contributed by atoms with E-state index in [1.807, 2.05) is 0 Å². The van der Waals surface area contributed by atoms with Gasteiger partial charge in [0.25, 0.3) is 0 Å². The first kappa shape index (κ1) is 10.3. The highest BCUT2D eigenvalue weighted by Crippen LogP contribution is 2.16. The summed E-state index contributed by atoms with van der Waals surface area (Å²) in [6.07, 6.45) is -4.88. The minimum atomic E-state index is -4.88. The lowest BCUT2D eigenvalue weighted by molar-refractivity contribution is -0.199. The van der Waals surface area contributed by atoms with Gasteiger partial charge in [-0.3, -0.25) is 0 Å². The molecular weight excluding hydrogens is 161 g/mol. The van der Waals surface area contributed by atoms with Gasteiger partial charge in [0.2, 0.25) is 0 Å². The lowest BCUT2D eigenvalue weighted by Crippen LogP contribution is -2.26. The van der Waals surface area contributed by atoms with Crippen LogP contribution >= 0.6 is 0 Å². The molecule has 0 saturated carbocycles. The summed E-state index contributed by atoms with van der Waals surface area (Å²) in [6, 6.07) is 0. The first-order valence-electron chi connectivity index (χ1n) is 2.87. The summed E-state index contributed by atoms with van der Waals surface area (Å²) >= 11 is 0. The fourth-order valence-corrected chi connectivity index (χ4v) is 0.292. The molecule has 0 atom stereocenters. The largest absolute Gasteiger partial charge is 0.490 e. The fourth-order valence-electron chi connectivity index (χ4n) is 0.292. The molecule has 0 unspecified atom stereocenters. The quantitative estimate of drug-likeness (QED) is 0.588. The lowest BCUT2D eigenvalue weighted by atomic mass is 10.2. The predicted octanol–water partition coefficient (Wildman–Crippen LogP) is 1.71. The number of ether oxygens (including phenoxy) is 1. The smallest absolute Gasteiger partial charge is 0.458 e. The van der Waals surface area contributed by atoms with Crippen LogP contribution in [0.4, 0.5) is 13.2 Å². The minimum Gasteiger partial charge on any atom is -0.458 e. The van der Waals surface area contributed by atoms with E-state index in [0.29, 0.717) is 5.92 Å². The van der Waals surface area contributed by atoms with Crippen molar-refractivity contribution in [2.75, 3.05) is 6.61 Å². The number of halogens is 3. The van der Waals surface area contributed by atoms with Crippen LogP contribution in [0.2, 0.25) is 0 Å². The first-order valence-corrected chi connectivity index (χ1v) is 2.87. The molecule has 5 heteroatoms. The Labute approximate surface area is 62.3 Å². The molecule has 0 aliphatic rings.